The second kappa shape index (κ2) is 9.06. The fourth-order valence-corrected chi connectivity index (χ4v) is 5.87. The molecular weight excluding hydrogens is 342 g/mol. The van der Waals surface area contributed by atoms with E-state index >= 15 is 0 Å². The maximum Gasteiger partial charge on any atom is 0.320 e. The molecule has 0 aromatic carbocycles. The van der Waals surface area contributed by atoms with Gasteiger partial charge in [-0.15, -0.1) is 0 Å². The number of fused-ring (bicyclic) bond motifs is 3. The van der Waals surface area contributed by atoms with Crippen molar-refractivity contribution in [1.29, 1.82) is 0 Å². The van der Waals surface area contributed by atoms with Gasteiger partial charge in [-0.2, -0.15) is 0 Å². The second-order valence-corrected chi connectivity index (χ2v) is 9.17. The number of carboxylic acid groups (broad SMARTS) is 1. The van der Waals surface area contributed by atoms with E-state index in [-0.39, 0.29) is 12.0 Å². The number of carboxylic acids is 1. The minimum atomic E-state index is -0.717. The highest BCUT2D eigenvalue weighted by molar-refractivity contribution is 5.73. The first-order valence-corrected chi connectivity index (χ1v) is 11.0. The summed E-state index contributed by atoms with van der Waals surface area (Å²) in [5.41, 5.74) is 0. The van der Waals surface area contributed by atoms with Gasteiger partial charge < -0.3 is 15.3 Å². The van der Waals surface area contributed by atoms with Gasteiger partial charge in [0.25, 0.3) is 0 Å². The Kier molecular flexibility index (Phi) is 6.98. The molecule has 0 amide bonds. The molecule has 3 aliphatic rings. The molecule has 3 rings (SSSR count). The average molecular weight is 380 g/mol. The van der Waals surface area contributed by atoms with Gasteiger partial charge in [0.1, 0.15) is 6.04 Å². The molecule has 2 heterocycles. The maximum atomic E-state index is 11.7. The van der Waals surface area contributed by atoms with Crippen LogP contribution in [0.15, 0.2) is 12.2 Å². The maximum absolute atomic E-state index is 11.7. The SMILES string of the molecule is CCCC[C@H](C)C[C@@H](O)C=C[C@@H]1[C@H]2CC3CCCC(C(=O)O)N3[C@@H]2C[C@H]1O. The number of piperidine rings is 1. The molecule has 0 bridgehead atoms. The van der Waals surface area contributed by atoms with E-state index in [1.807, 2.05) is 12.2 Å². The summed E-state index contributed by atoms with van der Waals surface area (Å²) in [6.07, 6.45) is 11.7. The van der Waals surface area contributed by atoms with Crippen LogP contribution in [0.5, 0.6) is 0 Å². The van der Waals surface area contributed by atoms with Crippen LogP contribution in [0, 0.1) is 17.8 Å². The number of aliphatic hydroxyl groups is 2. The molecule has 5 nitrogen and oxygen atoms in total. The number of aliphatic hydroxyl groups excluding tert-OH is 2. The largest absolute Gasteiger partial charge is 0.480 e. The third-order valence-electron chi connectivity index (χ3n) is 7.17. The monoisotopic (exact) mass is 379 g/mol. The summed E-state index contributed by atoms with van der Waals surface area (Å²) in [5, 5.41) is 30.6. The van der Waals surface area contributed by atoms with E-state index in [9.17, 15) is 20.1 Å². The first kappa shape index (κ1) is 20.8. The van der Waals surface area contributed by atoms with Gasteiger partial charge in [0, 0.05) is 18.0 Å². The van der Waals surface area contributed by atoms with Gasteiger partial charge >= 0.3 is 5.97 Å². The molecule has 2 unspecified atom stereocenters. The molecule has 5 heteroatoms. The highest BCUT2D eigenvalue weighted by atomic mass is 16.4. The molecular formula is C22H37NO4. The standard InChI is InChI=1S/C22H37NO4/c1-3-4-6-14(2)11-16(24)9-10-17-18-12-15-7-5-8-19(22(26)27)23(15)20(18)13-21(17)25/h9-10,14-21,24-25H,3-8,11-13H2,1-2H3,(H,26,27)/t14-,15?,16-,17+,18+,19?,20+,21+/m0/s1. The number of carbonyl (C=O) groups is 1. The summed E-state index contributed by atoms with van der Waals surface area (Å²) in [5.74, 6) is 0.134. The molecule has 0 aromatic rings. The van der Waals surface area contributed by atoms with Crippen LogP contribution in [0.4, 0.5) is 0 Å². The molecule has 8 atom stereocenters. The summed E-state index contributed by atoms with van der Waals surface area (Å²) < 4.78 is 0. The van der Waals surface area contributed by atoms with Gasteiger partial charge in [0.05, 0.1) is 12.2 Å². The quantitative estimate of drug-likeness (QED) is 0.564. The Bertz CT molecular complexity index is 536. The third-order valence-corrected chi connectivity index (χ3v) is 7.17. The van der Waals surface area contributed by atoms with Gasteiger partial charge in [-0.25, -0.2) is 0 Å². The van der Waals surface area contributed by atoms with E-state index < -0.39 is 24.2 Å². The van der Waals surface area contributed by atoms with Gasteiger partial charge in [0.2, 0.25) is 0 Å². The molecule has 0 radical (unpaired) electrons. The molecule has 1 aliphatic carbocycles. The van der Waals surface area contributed by atoms with Crippen molar-refractivity contribution in [2.75, 3.05) is 0 Å². The lowest BCUT2D eigenvalue weighted by Gasteiger charge is -2.38. The fourth-order valence-electron chi connectivity index (χ4n) is 5.87. The predicted molar refractivity (Wildman–Crippen MR) is 105 cm³/mol. The smallest absolute Gasteiger partial charge is 0.320 e. The number of unbranched alkanes of at least 4 members (excludes halogenated alkanes) is 1. The van der Waals surface area contributed by atoms with E-state index in [2.05, 4.69) is 18.7 Å². The zero-order valence-electron chi connectivity index (χ0n) is 16.8. The first-order chi connectivity index (χ1) is 12.9. The van der Waals surface area contributed by atoms with Crippen molar-refractivity contribution < 1.29 is 20.1 Å². The van der Waals surface area contributed by atoms with E-state index in [1.54, 1.807) is 0 Å². The van der Waals surface area contributed by atoms with E-state index in [0.717, 1.165) is 38.5 Å². The van der Waals surface area contributed by atoms with E-state index in [0.29, 0.717) is 24.3 Å². The summed E-state index contributed by atoms with van der Waals surface area (Å²) in [4.78, 5) is 13.9. The Hall–Kier alpha value is -0.910. The topological polar surface area (TPSA) is 81.0 Å². The number of aliphatic carboxylic acids is 1. The highest BCUT2D eigenvalue weighted by Crippen LogP contribution is 2.49. The molecule has 1 saturated carbocycles. The number of hydrogen-bond donors (Lipinski definition) is 3. The van der Waals surface area contributed by atoms with Crippen LogP contribution in [0.1, 0.15) is 71.6 Å². The third kappa shape index (κ3) is 4.57. The Labute approximate surface area is 163 Å². The summed E-state index contributed by atoms with van der Waals surface area (Å²) >= 11 is 0. The Balaban J connectivity index is 1.62. The fraction of sp³-hybridized carbons (Fsp3) is 0.864. The van der Waals surface area contributed by atoms with Crippen molar-refractivity contribution in [1.82, 2.24) is 4.90 Å². The first-order valence-electron chi connectivity index (χ1n) is 11.0. The number of nitrogens with zero attached hydrogens (tertiary/aromatic N) is 1. The lowest BCUT2D eigenvalue weighted by Crippen LogP contribution is -2.51. The van der Waals surface area contributed by atoms with Crippen molar-refractivity contribution >= 4 is 5.97 Å². The van der Waals surface area contributed by atoms with Crippen LogP contribution in [-0.4, -0.2) is 56.5 Å². The van der Waals surface area contributed by atoms with Crippen molar-refractivity contribution in [3.8, 4) is 0 Å². The van der Waals surface area contributed by atoms with Gasteiger partial charge in [-0.3, -0.25) is 9.69 Å². The van der Waals surface area contributed by atoms with Crippen LogP contribution >= 0.6 is 0 Å². The minimum Gasteiger partial charge on any atom is -0.480 e. The minimum absolute atomic E-state index is 0.0376. The summed E-state index contributed by atoms with van der Waals surface area (Å²) in [6.45, 7) is 4.37. The van der Waals surface area contributed by atoms with Crippen LogP contribution < -0.4 is 0 Å². The molecule has 27 heavy (non-hydrogen) atoms. The van der Waals surface area contributed by atoms with Gasteiger partial charge in [0.15, 0.2) is 0 Å². The van der Waals surface area contributed by atoms with Crippen molar-refractivity contribution in [3.63, 3.8) is 0 Å². The highest BCUT2D eigenvalue weighted by Gasteiger charge is 2.54. The van der Waals surface area contributed by atoms with Crippen LogP contribution in [0.2, 0.25) is 0 Å². The Morgan fingerprint density at radius 1 is 1.30 bits per heavy atom. The van der Waals surface area contributed by atoms with Crippen LogP contribution in [0.25, 0.3) is 0 Å². The van der Waals surface area contributed by atoms with Gasteiger partial charge in [-0.05, 0) is 50.4 Å². The van der Waals surface area contributed by atoms with E-state index in [1.165, 1.54) is 12.8 Å². The molecule has 0 aromatic heterocycles. The summed E-state index contributed by atoms with van der Waals surface area (Å²) in [6, 6.07) is 0.123. The predicted octanol–water partition coefficient (Wildman–Crippen LogP) is 3.20. The molecule has 3 N–H and O–H groups in total. The lowest BCUT2D eigenvalue weighted by molar-refractivity contribution is -0.146. The van der Waals surface area contributed by atoms with Crippen molar-refractivity contribution in [2.45, 2.75) is 102 Å². The van der Waals surface area contributed by atoms with Crippen molar-refractivity contribution in [3.05, 3.63) is 12.2 Å². The molecule has 0 spiro atoms. The zero-order valence-corrected chi connectivity index (χ0v) is 16.8. The average Bonchev–Trinajstić information content (AvgIpc) is 3.12. The lowest BCUT2D eigenvalue weighted by atomic mass is 9.88. The molecule has 2 saturated heterocycles. The van der Waals surface area contributed by atoms with Crippen LogP contribution in [-0.2, 0) is 4.79 Å². The normalized spacial score (nSPS) is 38.7. The number of rotatable bonds is 8. The van der Waals surface area contributed by atoms with Crippen molar-refractivity contribution in [2.24, 2.45) is 17.8 Å². The Morgan fingerprint density at radius 2 is 2.07 bits per heavy atom. The van der Waals surface area contributed by atoms with E-state index in [4.69, 9.17) is 0 Å². The Morgan fingerprint density at radius 3 is 2.78 bits per heavy atom. The second-order valence-electron chi connectivity index (χ2n) is 9.17. The molecule has 2 aliphatic heterocycles. The number of hydrogen-bond acceptors (Lipinski definition) is 4. The zero-order chi connectivity index (χ0) is 19.6. The van der Waals surface area contributed by atoms with Crippen LogP contribution in [0.3, 0.4) is 0 Å². The summed E-state index contributed by atoms with van der Waals surface area (Å²) in [7, 11) is 0. The molecule has 154 valence electrons. The molecule has 3 fully saturated rings. The van der Waals surface area contributed by atoms with Gasteiger partial charge in [-0.1, -0.05) is 45.3 Å².